The molecule has 1 saturated heterocycles. The highest BCUT2D eigenvalue weighted by atomic mass is 19.1. The Morgan fingerprint density at radius 3 is 2.70 bits per heavy atom. The number of hydrogen-bond acceptors (Lipinski definition) is 2. The number of amides is 2. The van der Waals surface area contributed by atoms with Crippen molar-refractivity contribution in [3.63, 3.8) is 0 Å². The van der Waals surface area contributed by atoms with Crippen molar-refractivity contribution in [2.45, 2.75) is 40.2 Å². The van der Waals surface area contributed by atoms with Crippen LogP contribution in [0, 0.1) is 17.2 Å². The van der Waals surface area contributed by atoms with Crippen LogP contribution in [0.2, 0.25) is 0 Å². The number of carbonyl (C=O) groups is 2. The van der Waals surface area contributed by atoms with Crippen molar-refractivity contribution in [2.24, 2.45) is 11.3 Å². The van der Waals surface area contributed by atoms with Crippen LogP contribution in [0.1, 0.15) is 39.2 Å². The third-order valence-corrected chi connectivity index (χ3v) is 4.44. The minimum absolute atomic E-state index is 0.0820. The smallest absolute Gasteiger partial charge is 0.237 e. The van der Waals surface area contributed by atoms with E-state index in [9.17, 15) is 14.0 Å². The molecule has 1 fully saturated rings. The number of nitrogens with one attached hydrogen (secondary N) is 1. The first kappa shape index (κ1) is 17.4. The van der Waals surface area contributed by atoms with Gasteiger partial charge in [-0.1, -0.05) is 25.1 Å². The monoisotopic (exact) mass is 320 g/mol. The van der Waals surface area contributed by atoms with E-state index in [1.54, 1.807) is 36.9 Å². The molecule has 4 nitrogen and oxygen atoms in total. The van der Waals surface area contributed by atoms with E-state index in [-0.39, 0.29) is 24.2 Å². The second kappa shape index (κ2) is 7.11. The van der Waals surface area contributed by atoms with Crippen LogP contribution in [0.4, 0.5) is 4.39 Å². The van der Waals surface area contributed by atoms with Crippen LogP contribution in [-0.4, -0.2) is 29.8 Å². The lowest BCUT2D eigenvalue weighted by Gasteiger charge is -2.36. The van der Waals surface area contributed by atoms with E-state index in [2.05, 4.69) is 12.2 Å². The van der Waals surface area contributed by atoms with Crippen LogP contribution in [0.15, 0.2) is 24.3 Å². The highest BCUT2D eigenvalue weighted by Crippen LogP contribution is 2.24. The lowest BCUT2D eigenvalue weighted by molar-refractivity contribution is -0.149. The molecular formula is C18H25FN2O2. The fourth-order valence-electron chi connectivity index (χ4n) is 2.90. The van der Waals surface area contributed by atoms with Gasteiger partial charge in [-0.2, -0.15) is 0 Å². The molecule has 1 aromatic rings. The summed E-state index contributed by atoms with van der Waals surface area (Å²) in [5, 5.41) is 2.68. The highest BCUT2D eigenvalue weighted by Gasteiger charge is 2.39. The molecule has 23 heavy (non-hydrogen) atoms. The summed E-state index contributed by atoms with van der Waals surface area (Å²) in [6.07, 6.45) is 2.09. The minimum atomic E-state index is -1.15. The molecule has 1 aliphatic heterocycles. The zero-order valence-corrected chi connectivity index (χ0v) is 14.1. The number of nitrogens with zero attached hydrogens (tertiary/aromatic N) is 1. The van der Waals surface area contributed by atoms with Gasteiger partial charge in [0.25, 0.3) is 0 Å². The maximum absolute atomic E-state index is 13.6. The quantitative estimate of drug-likeness (QED) is 0.867. The first-order chi connectivity index (χ1) is 10.8. The summed E-state index contributed by atoms with van der Waals surface area (Å²) in [7, 11) is 0. The van der Waals surface area contributed by atoms with Crippen molar-refractivity contribution in [1.29, 1.82) is 0 Å². The summed E-state index contributed by atoms with van der Waals surface area (Å²) < 4.78 is 13.6. The van der Waals surface area contributed by atoms with E-state index in [1.165, 1.54) is 6.07 Å². The molecule has 1 N–H and O–H groups in total. The zero-order valence-electron chi connectivity index (χ0n) is 14.1. The third-order valence-electron chi connectivity index (χ3n) is 4.44. The fraction of sp³-hybridized carbons (Fsp3) is 0.556. The Balaban J connectivity index is 1.99. The van der Waals surface area contributed by atoms with E-state index in [4.69, 9.17) is 0 Å². The van der Waals surface area contributed by atoms with E-state index in [0.717, 1.165) is 12.8 Å². The molecule has 0 aliphatic carbocycles. The molecule has 0 radical (unpaired) electrons. The van der Waals surface area contributed by atoms with Crippen LogP contribution >= 0.6 is 0 Å². The minimum Gasteiger partial charge on any atom is -0.351 e. The molecule has 2 amide bonds. The predicted octanol–water partition coefficient (Wildman–Crippen LogP) is 2.73. The third kappa shape index (κ3) is 4.09. The molecule has 1 aromatic carbocycles. The maximum atomic E-state index is 13.6. The number of hydrogen-bond donors (Lipinski definition) is 1. The van der Waals surface area contributed by atoms with Crippen molar-refractivity contribution in [2.75, 3.05) is 13.1 Å². The largest absolute Gasteiger partial charge is 0.351 e. The van der Waals surface area contributed by atoms with Crippen LogP contribution < -0.4 is 5.32 Å². The molecule has 126 valence electrons. The van der Waals surface area contributed by atoms with Crippen molar-refractivity contribution < 1.29 is 14.0 Å². The second-order valence-electron chi connectivity index (χ2n) is 6.90. The molecule has 5 heteroatoms. The summed E-state index contributed by atoms with van der Waals surface area (Å²) in [6.45, 7) is 6.86. The molecule has 1 unspecified atom stereocenters. The van der Waals surface area contributed by atoms with E-state index < -0.39 is 5.41 Å². The number of likely N-dealkylation sites (tertiary alicyclic amines) is 1. The van der Waals surface area contributed by atoms with Crippen LogP contribution in [0.5, 0.6) is 0 Å². The molecule has 0 spiro atoms. The molecule has 0 bridgehead atoms. The Bertz CT molecular complexity index is 586. The van der Waals surface area contributed by atoms with Crippen molar-refractivity contribution in [1.82, 2.24) is 10.2 Å². The van der Waals surface area contributed by atoms with Gasteiger partial charge in [-0.25, -0.2) is 4.39 Å². The topological polar surface area (TPSA) is 49.4 Å². The zero-order chi connectivity index (χ0) is 17.0. The maximum Gasteiger partial charge on any atom is 0.237 e. The van der Waals surface area contributed by atoms with Gasteiger partial charge in [-0.15, -0.1) is 0 Å². The first-order valence-corrected chi connectivity index (χ1v) is 8.13. The Morgan fingerprint density at radius 2 is 2.04 bits per heavy atom. The van der Waals surface area contributed by atoms with E-state index >= 15 is 0 Å². The molecule has 1 aliphatic rings. The number of benzene rings is 1. The van der Waals surface area contributed by atoms with Gasteiger partial charge in [0.1, 0.15) is 11.2 Å². The molecule has 1 heterocycles. The van der Waals surface area contributed by atoms with Crippen LogP contribution in [-0.2, 0) is 16.1 Å². The molecule has 2 rings (SSSR count). The molecule has 0 saturated carbocycles. The fourth-order valence-corrected chi connectivity index (χ4v) is 2.90. The van der Waals surface area contributed by atoms with Gasteiger partial charge >= 0.3 is 0 Å². The number of rotatable bonds is 4. The molecular weight excluding hydrogens is 295 g/mol. The summed E-state index contributed by atoms with van der Waals surface area (Å²) in [5.41, 5.74) is -0.738. The van der Waals surface area contributed by atoms with Gasteiger partial charge in [-0.3, -0.25) is 9.59 Å². The Labute approximate surface area is 137 Å². The standard InChI is InChI=1S/C18H25FN2O2/c1-13-7-6-10-21(12-13)17(23)18(2,3)16(22)20-11-14-8-4-5-9-15(14)19/h4-5,8-9,13H,6-7,10-12H2,1-3H3,(H,20,22). The van der Waals surface area contributed by atoms with Gasteiger partial charge in [-0.05, 0) is 38.7 Å². The number of piperidine rings is 1. The highest BCUT2D eigenvalue weighted by molar-refractivity contribution is 6.04. The number of halogens is 1. The van der Waals surface area contributed by atoms with Crippen molar-refractivity contribution in [3.05, 3.63) is 35.6 Å². The summed E-state index contributed by atoms with van der Waals surface area (Å²) in [4.78, 5) is 26.9. The summed E-state index contributed by atoms with van der Waals surface area (Å²) in [5.74, 6) is -0.425. The number of carbonyl (C=O) groups excluding carboxylic acids is 2. The Hall–Kier alpha value is -1.91. The van der Waals surface area contributed by atoms with Gasteiger partial charge < -0.3 is 10.2 Å². The average Bonchev–Trinajstić information content (AvgIpc) is 2.53. The van der Waals surface area contributed by atoms with E-state index in [1.807, 2.05) is 0 Å². The van der Waals surface area contributed by atoms with Gasteiger partial charge in [0.05, 0.1) is 0 Å². The Kier molecular flexibility index (Phi) is 5.39. The van der Waals surface area contributed by atoms with Gasteiger partial charge in [0, 0.05) is 25.2 Å². The van der Waals surface area contributed by atoms with Crippen LogP contribution in [0.3, 0.4) is 0 Å². The summed E-state index contributed by atoms with van der Waals surface area (Å²) in [6, 6.07) is 6.30. The lowest BCUT2D eigenvalue weighted by atomic mass is 9.88. The van der Waals surface area contributed by atoms with Crippen molar-refractivity contribution in [3.8, 4) is 0 Å². The average molecular weight is 320 g/mol. The van der Waals surface area contributed by atoms with E-state index in [0.29, 0.717) is 24.6 Å². The predicted molar refractivity (Wildman–Crippen MR) is 87.0 cm³/mol. The van der Waals surface area contributed by atoms with Gasteiger partial charge in [0.2, 0.25) is 11.8 Å². The van der Waals surface area contributed by atoms with Crippen molar-refractivity contribution >= 4 is 11.8 Å². The second-order valence-corrected chi connectivity index (χ2v) is 6.90. The SMILES string of the molecule is CC1CCCN(C(=O)C(C)(C)C(=O)NCc2ccccc2F)C1. The van der Waals surface area contributed by atoms with Crippen LogP contribution in [0.25, 0.3) is 0 Å². The molecule has 1 atom stereocenters. The first-order valence-electron chi connectivity index (χ1n) is 8.13. The van der Waals surface area contributed by atoms with Gasteiger partial charge in [0.15, 0.2) is 0 Å². The summed E-state index contributed by atoms with van der Waals surface area (Å²) >= 11 is 0. The lowest BCUT2D eigenvalue weighted by Crippen LogP contribution is -2.51. The molecule has 0 aromatic heterocycles. The normalized spacial score (nSPS) is 18.6. The Morgan fingerprint density at radius 1 is 1.35 bits per heavy atom.